The van der Waals surface area contributed by atoms with Crippen LogP contribution in [-0.2, 0) is 11.2 Å². The second kappa shape index (κ2) is 10.9. The van der Waals surface area contributed by atoms with Crippen LogP contribution >= 0.6 is 0 Å². The molecule has 1 unspecified atom stereocenters. The minimum Gasteiger partial charge on any atom is -0.389 e. The summed E-state index contributed by atoms with van der Waals surface area (Å²) in [4.78, 5) is 3.91. The minimum atomic E-state index is -0.462. The van der Waals surface area contributed by atoms with Gasteiger partial charge in [-0.15, -0.1) is 0 Å². The third-order valence-electron chi connectivity index (χ3n) is 2.76. The first-order valence-electron chi connectivity index (χ1n) is 7.04. The number of ether oxygens (including phenoxy) is 1. The smallest absolute Gasteiger partial charge is 0.213 e. The number of aliphatic hydroxyl groups excluding tert-OH is 1. The molecule has 0 aliphatic rings. The molecule has 0 aliphatic carbocycles. The van der Waals surface area contributed by atoms with Crippen LogP contribution in [0, 0.1) is 0 Å². The molecule has 1 heterocycles. The number of nitrogens with zero attached hydrogens (tertiary/aromatic N) is 2. The van der Waals surface area contributed by atoms with Crippen LogP contribution in [0.1, 0.15) is 38.4 Å². The Hall–Kier alpha value is -0.980. The predicted molar refractivity (Wildman–Crippen MR) is 71.8 cm³/mol. The Labute approximate surface area is 114 Å². The van der Waals surface area contributed by atoms with Crippen molar-refractivity contribution >= 4 is 0 Å². The lowest BCUT2D eigenvalue weighted by Crippen LogP contribution is -2.31. The van der Waals surface area contributed by atoms with E-state index in [4.69, 9.17) is 4.74 Å². The van der Waals surface area contributed by atoms with Crippen LogP contribution in [0.25, 0.3) is 0 Å². The Balaban J connectivity index is 1.86. The van der Waals surface area contributed by atoms with Gasteiger partial charge in [-0.25, -0.2) is 0 Å². The highest BCUT2D eigenvalue weighted by atomic mass is 16.5. The highest BCUT2D eigenvalue weighted by Crippen LogP contribution is 1.99. The van der Waals surface area contributed by atoms with E-state index in [9.17, 15) is 5.11 Å². The molecule has 0 aliphatic heterocycles. The van der Waals surface area contributed by atoms with E-state index < -0.39 is 6.10 Å². The number of nitrogens with one attached hydrogen (secondary N) is 1. The van der Waals surface area contributed by atoms with Crippen LogP contribution < -0.4 is 5.32 Å². The summed E-state index contributed by atoms with van der Waals surface area (Å²) in [5, 5.41) is 16.5. The monoisotopic (exact) mass is 271 g/mol. The molecule has 0 bridgehead atoms. The minimum absolute atomic E-state index is 0.390. The van der Waals surface area contributed by atoms with Gasteiger partial charge in [-0.2, -0.15) is 4.98 Å². The lowest BCUT2D eigenvalue weighted by Gasteiger charge is -2.11. The van der Waals surface area contributed by atoms with Gasteiger partial charge in [-0.1, -0.05) is 31.3 Å². The van der Waals surface area contributed by atoms with Crippen molar-refractivity contribution in [1.29, 1.82) is 0 Å². The van der Waals surface area contributed by atoms with Crippen molar-refractivity contribution in [2.75, 3.05) is 26.3 Å². The van der Waals surface area contributed by atoms with E-state index in [0.717, 1.165) is 13.0 Å². The zero-order chi connectivity index (χ0) is 13.8. The molecule has 1 rings (SSSR count). The normalized spacial score (nSPS) is 12.7. The summed E-state index contributed by atoms with van der Waals surface area (Å²) >= 11 is 0. The van der Waals surface area contributed by atoms with Crippen molar-refractivity contribution < 1.29 is 14.4 Å². The third kappa shape index (κ3) is 8.69. The number of unbranched alkanes of at least 4 members (excludes halogenated alkanes) is 3. The maximum absolute atomic E-state index is 9.67. The standard InChI is InChI=1S/C13H25N3O3/c1-2-3-4-5-8-18-10-12(17)9-14-7-6-13-15-11-19-16-13/h11-12,14,17H,2-10H2,1H3. The summed E-state index contributed by atoms with van der Waals surface area (Å²) in [6.07, 6.45) is 6.31. The maximum atomic E-state index is 9.67. The first kappa shape index (κ1) is 16.1. The van der Waals surface area contributed by atoms with Crippen molar-refractivity contribution in [1.82, 2.24) is 15.5 Å². The fraction of sp³-hybridized carbons (Fsp3) is 0.846. The van der Waals surface area contributed by atoms with Crippen LogP contribution in [0.4, 0.5) is 0 Å². The fourth-order valence-corrected chi connectivity index (χ4v) is 1.68. The van der Waals surface area contributed by atoms with Crippen molar-refractivity contribution in [2.24, 2.45) is 0 Å². The van der Waals surface area contributed by atoms with Crippen LogP contribution in [0.2, 0.25) is 0 Å². The molecule has 0 fully saturated rings. The van der Waals surface area contributed by atoms with Crippen LogP contribution in [0.15, 0.2) is 10.9 Å². The Morgan fingerprint density at radius 2 is 2.32 bits per heavy atom. The van der Waals surface area contributed by atoms with E-state index in [1.54, 1.807) is 0 Å². The molecule has 0 saturated heterocycles. The second-order valence-electron chi connectivity index (χ2n) is 4.59. The average Bonchev–Trinajstić information content (AvgIpc) is 2.92. The van der Waals surface area contributed by atoms with Gasteiger partial charge >= 0.3 is 0 Å². The summed E-state index contributed by atoms with van der Waals surface area (Å²) in [6.45, 7) is 4.55. The van der Waals surface area contributed by atoms with E-state index in [0.29, 0.717) is 31.9 Å². The summed E-state index contributed by atoms with van der Waals surface area (Å²) in [7, 11) is 0. The van der Waals surface area contributed by atoms with Crippen molar-refractivity contribution in [3.05, 3.63) is 12.2 Å². The van der Waals surface area contributed by atoms with E-state index in [-0.39, 0.29) is 0 Å². The fourth-order valence-electron chi connectivity index (χ4n) is 1.68. The molecule has 19 heavy (non-hydrogen) atoms. The first-order chi connectivity index (χ1) is 9.33. The summed E-state index contributed by atoms with van der Waals surface area (Å²) in [5.41, 5.74) is 0. The van der Waals surface area contributed by atoms with Gasteiger partial charge in [-0.3, -0.25) is 0 Å². The van der Waals surface area contributed by atoms with Crippen LogP contribution in [-0.4, -0.2) is 47.7 Å². The largest absolute Gasteiger partial charge is 0.389 e. The van der Waals surface area contributed by atoms with Gasteiger partial charge in [-0.05, 0) is 6.42 Å². The maximum Gasteiger partial charge on any atom is 0.213 e. The molecule has 0 amide bonds. The van der Waals surface area contributed by atoms with Gasteiger partial charge in [0.15, 0.2) is 5.82 Å². The predicted octanol–water partition coefficient (Wildman–Crippen LogP) is 1.16. The van der Waals surface area contributed by atoms with Gasteiger partial charge in [0.25, 0.3) is 0 Å². The van der Waals surface area contributed by atoms with Gasteiger partial charge in [0.05, 0.1) is 12.7 Å². The van der Waals surface area contributed by atoms with E-state index >= 15 is 0 Å². The van der Waals surface area contributed by atoms with Crippen molar-refractivity contribution in [3.8, 4) is 0 Å². The highest BCUT2D eigenvalue weighted by Gasteiger charge is 2.04. The van der Waals surface area contributed by atoms with E-state index in [2.05, 4.69) is 26.9 Å². The molecular formula is C13H25N3O3. The molecule has 1 aromatic rings. The topological polar surface area (TPSA) is 80.4 Å². The molecule has 0 aromatic carbocycles. The molecular weight excluding hydrogens is 246 g/mol. The Bertz CT molecular complexity index is 293. The molecule has 2 N–H and O–H groups in total. The number of hydrogen-bond acceptors (Lipinski definition) is 6. The summed E-state index contributed by atoms with van der Waals surface area (Å²) in [5.74, 6) is 0.675. The molecule has 0 radical (unpaired) electrons. The number of aromatic nitrogens is 2. The third-order valence-corrected chi connectivity index (χ3v) is 2.76. The van der Waals surface area contributed by atoms with Crippen molar-refractivity contribution in [2.45, 2.75) is 45.1 Å². The zero-order valence-electron chi connectivity index (χ0n) is 11.7. The van der Waals surface area contributed by atoms with Gasteiger partial charge in [0, 0.05) is 26.1 Å². The lowest BCUT2D eigenvalue weighted by atomic mass is 10.2. The molecule has 1 aromatic heterocycles. The Kier molecular flexibility index (Phi) is 9.22. The molecule has 0 saturated carbocycles. The first-order valence-corrected chi connectivity index (χ1v) is 7.04. The number of hydrogen-bond donors (Lipinski definition) is 2. The highest BCUT2D eigenvalue weighted by molar-refractivity contribution is 4.78. The Morgan fingerprint density at radius 3 is 3.05 bits per heavy atom. The molecule has 6 heteroatoms. The summed E-state index contributed by atoms with van der Waals surface area (Å²) < 4.78 is 10.0. The van der Waals surface area contributed by atoms with Crippen LogP contribution in [0.3, 0.4) is 0 Å². The Morgan fingerprint density at radius 1 is 1.42 bits per heavy atom. The number of rotatable bonds is 12. The van der Waals surface area contributed by atoms with Crippen LogP contribution in [0.5, 0.6) is 0 Å². The molecule has 1 atom stereocenters. The van der Waals surface area contributed by atoms with Gasteiger partial charge in [0.2, 0.25) is 6.39 Å². The van der Waals surface area contributed by atoms with E-state index in [1.807, 2.05) is 0 Å². The SMILES string of the molecule is CCCCCCOCC(O)CNCCc1ncon1. The average molecular weight is 271 g/mol. The summed E-state index contributed by atoms with van der Waals surface area (Å²) in [6, 6.07) is 0. The lowest BCUT2D eigenvalue weighted by molar-refractivity contribution is 0.0356. The molecule has 0 spiro atoms. The zero-order valence-corrected chi connectivity index (χ0v) is 11.7. The second-order valence-corrected chi connectivity index (χ2v) is 4.59. The van der Waals surface area contributed by atoms with Crippen molar-refractivity contribution in [3.63, 3.8) is 0 Å². The van der Waals surface area contributed by atoms with Gasteiger partial charge < -0.3 is 19.7 Å². The molecule has 6 nitrogen and oxygen atoms in total. The van der Waals surface area contributed by atoms with E-state index in [1.165, 1.54) is 25.7 Å². The molecule has 110 valence electrons. The number of aliphatic hydroxyl groups is 1. The quantitative estimate of drug-likeness (QED) is 0.555. The van der Waals surface area contributed by atoms with Gasteiger partial charge in [0.1, 0.15) is 0 Å².